The molecule has 1 aliphatic rings. The highest BCUT2D eigenvalue weighted by Gasteiger charge is 2.22. The van der Waals surface area contributed by atoms with Crippen molar-refractivity contribution < 1.29 is 8.91 Å². The first-order chi connectivity index (χ1) is 12.6. The van der Waals surface area contributed by atoms with E-state index in [1.54, 1.807) is 17.0 Å². The van der Waals surface area contributed by atoms with Gasteiger partial charge >= 0.3 is 0 Å². The van der Waals surface area contributed by atoms with Crippen LogP contribution in [0.4, 0.5) is 10.2 Å². The van der Waals surface area contributed by atoms with Crippen LogP contribution in [0.2, 0.25) is 0 Å². The summed E-state index contributed by atoms with van der Waals surface area (Å²) in [6.07, 6.45) is 0. The lowest BCUT2D eigenvalue weighted by Crippen LogP contribution is -2.33. The highest BCUT2D eigenvalue weighted by molar-refractivity contribution is 5.95. The number of nitrogens with zero attached hydrogens (tertiary/aromatic N) is 3. The summed E-state index contributed by atoms with van der Waals surface area (Å²) in [5.74, 6) is 1.35. The molecule has 1 aromatic heterocycles. The van der Waals surface area contributed by atoms with Gasteiger partial charge in [0, 0.05) is 24.1 Å². The van der Waals surface area contributed by atoms with Crippen LogP contribution in [0, 0.1) is 5.82 Å². The Hall–Kier alpha value is -3.15. The maximum absolute atomic E-state index is 14.6. The normalized spacial score (nSPS) is 15.2. The molecule has 0 fully saturated rings. The van der Waals surface area contributed by atoms with Crippen LogP contribution in [-0.4, -0.2) is 24.2 Å². The van der Waals surface area contributed by atoms with Crippen LogP contribution < -0.4 is 10.6 Å². The van der Waals surface area contributed by atoms with Crippen molar-refractivity contribution in [1.82, 2.24) is 5.16 Å². The summed E-state index contributed by atoms with van der Waals surface area (Å²) in [5, 5.41) is 4.08. The molecule has 2 heterocycles. The van der Waals surface area contributed by atoms with Gasteiger partial charge in [-0.15, -0.1) is 0 Å². The fourth-order valence-corrected chi connectivity index (χ4v) is 3.12. The van der Waals surface area contributed by atoms with Gasteiger partial charge in [0.25, 0.3) is 0 Å². The van der Waals surface area contributed by atoms with Gasteiger partial charge in [-0.2, -0.15) is 0 Å². The second-order valence-corrected chi connectivity index (χ2v) is 6.31. The molecule has 0 aliphatic carbocycles. The molecule has 1 atom stereocenters. The van der Waals surface area contributed by atoms with Crippen molar-refractivity contribution in [2.24, 2.45) is 10.7 Å². The van der Waals surface area contributed by atoms with E-state index >= 15 is 0 Å². The molecule has 1 aliphatic heterocycles. The summed E-state index contributed by atoms with van der Waals surface area (Å²) < 4.78 is 20.1. The molecule has 0 saturated carbocycles. The van der Waals surface area contributed by atoms with Crippen LogP contribution in [0.25, 0.3) is 11.1 Å². The Morgan fingerprint density at radius 1 is 1.15 bits per heavy atom. The standard InChI is InChI=1S/C20H19FN4O/c1-13(18-12-19(24-26-18)25-10-9-23-20(25)22)15-7-8-16(17(21)11-15)14-5-3-2-4-6-14/h2-8,11-13H,9-10H2,1H3,(H2,22,23). The zero-order chi connectivity index (χ0) is 18.1. The van der Waals surface area contributed by atoms with E-state index in [0.717, 1.165) is 11.1 Å². The average Bonchev–Trinajstić information content (AvgIpc) is 3.30. The zero-order valence-corrected chi connectivity index (χ0v) is 14.4. The van der Waals surface area contributed by atoms with Crippen molar-refractivity contribution in [2.45, 2.75) is 12.8 Å². The third kappa shape index (κ3) is 2.94. The Kier molecular flexibility index (Phi) is 4.16. The van der Waals surface area contributed by atoms with E-state index < -0.39 is 0 Å². The molecule has 6 heteroatoms. The molecule has 2 N–H and O–H groups in total. The number of hydrogen-bond donors (Lipinski definition) is 1. The third-order valence-corrected chi connectivity index (χ3v) is 4.67. The third-order valence-electron chi connectivity index (χ3n) is 4.67. The topological polar surface area (TPSA) is 67.7 Å². The van der Waals surface area contributed by atoms with E-state index in [4.69, 9.17) is 10.3 Å². The number of hydrogen-bond acceptors (Lipinski definition) is 5. The second kappa shape index (κ2) is 6.63. The molecule has 0 bridgehead atoms. The minimum atomic E-state index is -0.254. The summed E-state index contributed by atoms with van der Waals surface area (Å²) in [5.41, 5.74) is 8.11. The smallest absolute Gasteiger partial charge is 0.197 e. The van der Waals surface area contributed by atoms with Gasteiger partial charge in [0.2, 0.25) is 0 Å². The molecule has 0 amide bonds. The van der Waals surface area contributed by atoms with E-state index in [2.05, 4.69) is 10.1 Å². The Labute approximate surface area is 150 Å². The highest BCUT2D eigenvalue weighted by atomic mass is 19.1. The molecule has 0 spiro atoms. The van der Waals surface area contributed by atoms with Crippen molar-refractivity contribution in [3.8, 4) is 11.1 Å². The van der Waals surface area contributed by atoms with Gasteiger partial charge in [0.1, 0.15) is 11.6 Å². The molecule has 4 rings (SSSR count). The van der Waals surface area contributed by atoms with E-state index in [1.807, 2.05) is 49.4 Å². The fourth-order valence-electron chi connectivity index (χ4n) is 3.12. The van der Waals surface area contributed by atoms with Gasteiger partial charge in [-0.05, 0) is 17.2 Å². The molecule has 0 saturated heterocycles. The van der Waals surface area contributed by atoms with E-state index in [9.17, 15) is 4.39 Å². The number of aromatic nitrogens is 1. The van der Waals surface area contributed by atoms with Crippen LogP contribution in [0.5, 0.6) is 0 Å². The Morgan fingerprint density at radius 2 is 1.96 bits per heavy atom. The first-order valence-electron chi connectivity index (χ1n) is 8.52. The maximum atomic E-state index is 14.6. The molecule has 3 aromatic rings. The van der Waals surface area contributed by atoms with Crippen LogP contribution in [0.15, 0.2) is 64.1 Å². The van der Waals surface area contributed by atoms with Crippen molar-refractivity contribution >= 4 is 11.8 Å². The Balaban J connectivity index is 1.59. The molecule has 5 nitrogen and oxygen atoms in total. The van der Waals surface area contributed by atoms with Crippen molar-refractivity contribution in [2.75, 3.05) is 18.0 Å². The predicted octanol–water partition coefficient (Wildman–Crippen LogP) is 3.77. The van der Waals surface area contributed by atoms with Gasteiger partial charge in [0.15, 0.2) is 11.8 Å². The van der Waals surface area contributed by atoms with E-state index in [1.165, 1.54) is 0 Å². The van der Waals surface area contributed by atoms with Gasteiger partial charge in [-0.3, -0.25) is 9.89 Å². The van der Waals surface area contributed by atoms with E-state index in [0.29, 0.717) is 36.2 Å². The lowest BCUT2D eigenvalue weighted by Gasteiger charge is -2.12. The van der Waals surface area contributed by atoms with E-state index in [-0.39, 0.29) is 11.7 Å². The second-order valence-electron chi connectivity index (χ2n) is 6.31. The summed E-state index contributed by atoms with van der Waals surface area (Å²) in [4.78, 5) is 5.95. The minimum Gasteiger partial charge on any atom is -0.369 e. The average molecular weight is 350 g/mol. The molecule has 0 radical (unpaired) electrons. The summed E-state index contributed by atoms with van der Waals surface area (Å²) >= 11 is 0. The number of rotatable bonds is 4. The molecule has 132 valence electrons. The molecule has 26 heavy (non-hydrogen) atoms. The highest BCUT2D eigenvalue weighted by Crippen LogP contribution is 2.31. The predicted molar refractivity (Wildman–Crippen MR) is 99.7 cm³/mol. The SMILES string of the molecule is CC(c1ccc(-c2ccccc2)c(F)c1)c1cc(N2CCN=C2N)no1. The van der Waals surface area contributed by atoms with Crippen molar-refractivity contribution in [3.63, 3.8) is 0 Å². The number of benzene rings is 2. The quantitative estimate of drug-likeness (QED) is 0.778. The molecule has 2 aromatic carbocycles. The van der Waals surface area contributed by atoms with Gasteiger partial charge in [-0.25, -0.2) is 4.39 Å². The number of nitrogens with two attached hydrogens (primary N) is 1. The monoisotopic (exact) mass is 350 g/mol. The molecular formula is C20H19FN4O. The van der Waals surface area contributed by atoms with Gasteiger partial charge in [0.05, 0.1) is 6.54 Å². The first kappa shape index (κ1) is 16.3. The molecule has 1 unspecified atom stereocenters. The lowest BCUT2D eigenvalue weighted by atomic mass is 9.95. The van der Waals surface area contributed by atoms with Gasteiger partial charge in [-0.1, -0.05) is 54.5 Å². The Morgan fingerprint density at radius 3 is 2.65 bits per heavy atom. The summed E-state index contributed by atoms with van der Waals surface area (Å²) in [7, 11) is 0. The Bertz CT molecular complexity index is 951. The van der Waals surface area contributed by atoms with Crippen LogP contribution in [0.1, 0.15) is 24.2 Å². The largest absolute Gasteiger partial charge is 0.369 e. The van der Waals surface area contributed by atoms with Crippen LogP contribution >= 0.6 is 0 Å². The fraction of sp³-hybridized carbons (Fsp3) is 0.200. The summed E-state index contributed by atoms with van der Waals surface area (Å²) in [6.45, 7) is 3.30. The van der Waals surface area contributed by atoms with Crippen molar-refractivity contribution in [1.29, 1.82) is 0 Å². The first-order valence-corrected chi connectivity index (χ1v) is 8.52. The van der Waals surface area contributed by atoms with Crippen LogP contribution in [0.3, 0.4) is 0 Å². The van der Waals surface area contributed by atoms with Gasteiger partial charge < -0.3 is 10.3 Å². The number of aliphatic imine (C=N–C) groups is 1. The number of halogens is 1. The molecular weight excluding hydrogens is 331 g/mol. The zero-order valence-electron chi connectivity index (χ0n) is 14.4. The van der Waals surface area contributed by atoms with Crippen molar-refractivity contribution in [3.05, 3.63) is 71.7 Å². The lowest BCUT2D eigenvalue weighted by molar-refractivity contribution is 0.377. The van der Waals surface area contributed by atoms with Crippen LogP contribution in [-0.2, 0) is 0 Å². The summed E-state index contributed by atoms with van der Waals surface area (Å²) in [6, 6.07) is 16.6. The number of guanidine groups is 1. The maximum Gasteiger partial charge on any atom is 0.197 e. The number of anilines is 1. The minimum absolute atomic E-state index is 0.128.